The maximum Gasteiger partial charge on any atom is 0.233 e. The first-order chi connectivity index (χ1) is 12.5. The second kappa shape index (κ2) is 6.76. The van der Waals surface area contributed by atoms with Crippen LogP contribution < -0.4 is 0 Å². The summed E-state index contributed by atoms with van der Waals surface area (Å²) in [6.07, 6.45) is 2.24. The van der Waals surface area contributed by atoms with Crippen molar-refractivity contribution in [1.82, 2.24) is 19.5 Å². The average Bonchev–Trinajstić information content (AvgIpc) is 3.41. The molecule has 0 aliphatic heterocycles. The van der Waals surface area contributed by atoms with Crippen LogP contribution in [0.15, 0.2) is 41.6 Å². The molecular formula is C20H22N4OS. The normalized spacial score (nSPS) is 14.0. The second-order valence-corrected chi connectivity index (χ2v) is 7.81. The van der Waals surface area contributed by atoms with Gasteiger partial charge in [0.05, 0.1) is 22.7 Å². The minimum absolute atomic E-state index is 0.153. The van der Waals surface area contributed by atoms with Crippen LogP contribution in [0.3, 0.4) is 0 Å². The van der Waals surface area contributed by atoms with Gasteiger partial charge < -0.3 is 4.90 Å². The zero-order valence-electron chi connectivity index (χ0n) is 15.3. The number of hydrogen-bond donors (Lipinski definition) is 0. The highest BCUT2D eigenvalue weighted by Gasteiger charge is 2.29. The van der Waals surface area contributed by atoms with Gasteiger partial charge in [-0.05, 0) is 38.3 Å². The maximum atomic E-state index is 12.4. The third-order valence-corrected chi connectivity index (χ3v) is 5.66. The van der Waals surface area contributed by atoms with Crippen LogP contribution in [0.2, 0.25) is 0 Å². The van der Waals surface area contributed by atoms with E-state index in [9.17, 15) is 4.79 Å². The van der Waals surface area contributed by atoms with Gasteiger partial charge in [-0.25, -0.2) is 9.50 Å². The summed E-state index contributed by atoms with van der Waals surface area (Å²) >= 11 is 1.46. The number of nitrogens with zero attached hydrogens (tertiary/aromatic N) is 4. The van der Waals surface area contributed by atoms with E-state index in [1.165, 1.54) is 11.8 Å². The number of thioether (sulfide) groups is 1. The van der Waals surface area contributed by atoms with Gasteiger partial charge in [-0.3, -0.25) is 4.79 Å². The predicted molar refractivity (Wildman–Crippen MR) is 104 cm³/mol. The fourth-order valence-corrected chi connectivity index (χ4v) is 4.06. The molecule has 1 aliphatic carbocycles. The minimum atomic E-state index is 0.153. The van der Waals surface area contributed by atoms with Gasteiger partial charge in [0.2, 0.25) is 5.91 Å². The van der Waals surface area contributed by atoms with Crippen LogP contribution in [0.1, 0.15) is 24.1 Å². The third-order valence-electron chi connectivity index (χ3n) is 4.74. The lowest BCUT2D eigenvalue weighted by atomic mass is 10.1. The molecule has 1 aliphatic rings. The molecule has 1 fully saturated rings. The molecular weight excluding hydrogens is 344 g/mol. The number of aryl methyl sites for hydroxylation is 2. The van der Waals surface area contributed by atoms with Gasteiger partial charge in [0, 0.05) is 18.7 Å². The molecule has 1 amide bonds. The SMILES string of the molecule is Cc1cc(C)c2c(-c3ccccc3)nc(SCC(=O)N(C)C3CC3)n2n1. The second-order valence-electron chi connectivity index (χ2n) is 6.86. The number of rotatable bonds is 5. The topological polar surface area (TPSA) is 50.5 Å². The summed E-state index contributed by atoms with van der Waals surface area (Å²) < 4.78 is 1.89. The third kappa shape index (κ3) is 3.21. The number of fused-ring (bicyclic) bond motifs is 1. The van der Waals surface area contributed by atoms with E-state index in [4.69, 9.17) is 4.98 Å². The summed E-state index contributed by atoms with van der Waals surface area (Å²) in [6.45, 7) is 4.06. The van der Waals surface area contributed by atoms with E-state index in [1.54, 1.807) is 0 Å². The first-order valence-corrected chi connectivity index (χ1v) is 9.84. The van der Waals surface area contributed by atoms with Crippen molar-refractivity contribution in [3.8, 4) is 11.3 Å². The molecule has 0 atom stereocenters. The monoisotopic (exact) mass is 366 g/mol. The number of imidazole rings is 1. The quantitative estimate of drug-likeness (QED) is 0.646. The van der Waals surface area contributed by atoms with Crippen LogP contribution in [0, 0.1) is 13.8 Å². The van der Waals surface area contributed by atoms with Gasteiger partial charge in [-0.15, -0.1) is 0 Å². The molecule has 6 heteroatoms. The van der Waals surface area contributed by atoms with Crippen molar-refractivity contribution in [1.29, 1.82) is 0 Å². The van der Waals surface area contributed by atoms with Crippen LogP contribution >= 0.6 is 11.8 Å². The zero-order valence-corrected chi connectivity index (χ0v) is 16.1. The van der Waals surface area contributed by atoms with E-state index < -0.39 is 0 Å². The predicted octanol–water partition coefficient (Wildman–Crippen LogP) is 3.73. The summed E-state index contributed by atoms with van der Waals surface area (Å²) in [5.74, 6) is 0.537. The lowest BCUT2D eigenvalue weighted by Crippen LogP contribution is -2.30. The number of carbonyl (C=O) groups is 1. The molecule has 0 N–H and O–H groups in total. The van der Waals surface area contributed by atoms with Crippen molar-refractivity contribution in [2.75, 3.05) is 12.8 Å². The molecule has 26 heavy (non-hydrogen) atoms. The van der Waals surface area contributed by atoms with Crippen molar-refractivity contribution in [3.63, 3.8) is 0 Å². The van der Waals surface area contributed by atoms with Crippen molar-refractivity contribution < 1.29 is 4.79 Å². The van der Waals surface area contributed by atoms with E-state index >= 15 is 0 Å². The van der Waals surface area contributed by atoms with Gasteiger partial charge in [0.1, 0.15) is 0 Å². The minimum Gasteiger partial charge on any atom is -0.342 e. The van der Waals surface area contributed by atoms with Crippen molar-refractivity contribution >= 4 is 23.2 Å². The van der Waals surface area contributed by atoms with Crippen LogP contribution in [0.4, 0.5) is 0 Å². The van der Waals surface area contributed by atoms with Crippen molar-refractivity contribution in [2.24, 2.45) is 0 Å². The Bertz CT molecular complexity index is 963. The van der Waals surface area contributed by atoms with Crippen molar-refractivity contribution in [2.45, 2.75) is 37.9 Å². The molecule has 0 radical (unpaired) electrons. The Morgan fingerprint density at radius 2 is 2.00 bits per heavy atom. The van der Waals surface area contributed by atoms with Crippen LogP contribution in [0.25, 0.3) is 16.8 Å². The van der Waals surface area contributed by atoms with E-state index in [2.05, 4.69) is 30.2 Å². The Hall–Kier alpha value is -2.34. The van der Waals surface area contributed by atoms with Crippen molar-refractivity contribution in [3.05, 3.63) is 47.7 Å². The fourth-order valence-electron chi connectivity index (χ4n) is 3.19. The van der Waals surface area contributed by atoms with E-state index in [0.717, 1.165) is 46.0 Å². The number of benzene rings is 1. The zero-order chi connectivity index (χ0) is 18.3. The first-order valence-electron chi connectivity index (χ1n) is 8.85. The Kier molecular flexibility index (Phi) is 4.44. The first kappa shape index (κ1) is 17.1. The molecule has 2 aromatic heterocycles. The van der Waals surface area contributed by atoms with Crippen LogP contribution in [-0.4, -0.2) is 44.2 Å². The van der Waals surface area contributed by atoms with Gasteiger partial charge in [-0.1, -0.05) is 42.1 Å². The van der Waals surface area contributed by atoms with Gasteiger partial charge >= 0.3 is 0 Å². The molecule has 3 aromatic rings. The Labute approximate surface area is 157 Å². The summed E-state index contributed by atoms with van der Waals surface area (Å²) in [5.41, 5.74) is 5.06. The molecule has 0 bridgehead atoms. The standard InChI is InChI=1S/C20H22N4OS/c1-13-11-14(2)22-24-19(13)18(15-7-5-4-6-8-15)21-20(24)26-12-17(25)23(3)16-9-10-16/h4-8,11,16H,9-10,12H2,1-3H3. The number of aromatic nitrogens is 3. The molecule has 2 heterocycles. The smallest absolute Gasteiger partial charge is 0.233 e. The summed E-state index contributed by atoms with van der Waals surface area (Å²) in [7, 11) is 1.90. The lowest BCUT2D eigenvalue weighted by molar-refractivity contribution is -0.127. The highest BCUT2D eigenvalue weighted by Crippen LogP contribution is 2.31. The average molecular weight is 366 g/mol. The molecule has 134 valence electrons. The van der Waals surface area contributed by atoms with E-state index in [0.29, 0.717) is 11.8 Å². The lowest BCUT2D eigenvalue weighted by Gasteiger charge is -2.15. The van der Waals surface area contributed by atoms with E-state index in [1.807, 2.05) is 41.6 Å². The molecule has 5 nitrogen and oxygen atoms in total. The molecule has 4 rings (SSSR count). The number of hydrogen-bond acceptors (Lipinski definition) is 4. The molecule has 0 unspecified atom stereocenters. The van der Waals surface area contributed by atoms with Gasteiger partial charge in [0.15, 0.2) is 5.16 Å². The number of amides is 1. The van der Waals surface area contributed by atoms with Crippen LogP contribution in [-0.2, 0) is 4.79 Å². The largest absolute Gasteiger partial charge is 0.342 e. The summed E-state index contributed by atoms with van der Waals surface area (Å²) in [6, 6.07) is 12.6. The Morgan fingerprint density at radius 1 is 1.27 bits per heavy atom. The molecule has 1 aromatic carbocycles. The number of carbonyl (C=O) groups excluding carboxylic acids is 1. The molecule has 0 spiro atoms. The Morgan fingerprint density at radius 3 is 2.69 bits per heavy atom. The van der Waals surface area contributed by atoms with E-state index in [-0.39, 0.29) is 5.91 Å². The summed E-state index contributed by atoms with van der Waals surface area (Å²) in [5, 5.41) is 5.43. The highest BCUT2D eigenvalue weighted by molar-refractivity contribution is 7.99. The molecule has 1 saturated carbocycles. The molecule has 0 saturated heterocycles. The maximum absolute atomic E-state index is 12.4. The fraction of sp³-hybridized carbons (Fsp3) is 0.350. The highest BCUT2D eigenvalue weighted by atomic mass is 32.2. The Balaban J connectivity index is 1.71. The van der Waals surface area contributed by atoms with Gasteiger partial charge in [0.25, 0.3) is 0 Å². The van der Waals surface area contributed by atoms with Crippen LogP contribution in [0.5, 0.6) is 0 Å². The van der Waals surface area contributed by atoms with Gasteiger partial charge in [-0.2, -0.15) is 5.10 Å². The summed E-state index contributed by atoms with van der Waals surface area (Å²) in [4.78, 5) is 19.1.